The normalized spacial score (nSPS) is 17.8. The summed E-state index contributed by atoms with van der Waals surface area (Å²) >= 11 is 0. The molecule has 1 aliphatic heterocycles. The van der Waals surface area contributed by atoms with Crippen molar-refractivity contribution in [3.05, 3.63) is 0 Å². The van der Waals surface area contributed by atoms with Crippen LogP contribution in [0.1, 0.15) is 12.8 Å². The third-order valence-corrected chi connectivity index (χ3v) is 6.11. The Hall–Kier alpha value is -2.52. The Labute approximate surface area is 179 Å². The average Bonchev–Trinajstić information content (AvgIpc) is 2.68. The summed E-state index contributed by atoms with van der Waals surface area (Å²) in [6, 6.07) is -3.04. The Bertz CT molecular complexity index is 692. The van der Waals surface area contributed by atoms with E-state index in [1.165, 1.54) is 10.8 Å². The Morgan fingerprint density at radius 2 is 1.90 bits per heavy atom. The summed E-state index contributed by atoms with van der Waals surface area (Å²) in [6.07, 6.45) is -0.370. The van der Waals surface area contributed by atoms with E-state index in [-0.39, 0.29) is 42.7 Å². The lowest BCUT2D eigenvalue weighted by atomic mass is 10.1. The van der Waals surface area contributed by atoms with Crippen LogP contribution < -0.4 is 27.0 Å². The maximum atomic E-state index is 12.2. The van der Waals surface area contributed by atoms with E-state index in [1.54, 1.807) is 0 Å². The van der Waals surface area contributed by atoms with Gasteiger partial charge in [-0.1, -0.05) is 21.6 Å². The molecule has 1 rings (SSSR count). The molecule has 15 heteroatoms. The van der Waals surface area contributed by atoms with Crippen molar-refractivity contribution in [2.45, 2.75) is 31.0 Å². The lowest BCUT2D eigenvalue weighted by Gasteiger charge is -2.23. The van der Waals surface area contributed by atoms with Gasteiger partial charge in [-0.15, -0.1) is 0 Å². The summed E-state index contributed by atoms with van der Waals surface area (Å²) in [5, 5.41) is 26.9. The van der Waals surface area contributed by atoms with Crippen LogP contribution in [0.5, 0.6) is 0 Å². The van der Waals surface area contributed by atoms with Crippen molar-refractivity contribution in [2.24, 2.45) is 5.73 Å². The van der Waals surface area contributed by atoms with Gasteiger partial charge in [-0.25, -0.2) is 0 Å². The molecule has 0 unspecified atom stereocenters. The van der Waals surface area contributed by atoms with Crippen molar-refractivity contribution in [2.75, 3.05) is 24.6 Å². The van der Waals surface area contributed by atoms with Crippen molar-refractivity contribution >= 4 is 57.2 Å². The van der Waals surface area contributed by atoms with Crippen molar-refractivity contribution in [3.8, 4) is 0 Å². The first-order valence-electron chi connectivity index (χ1n) is 8.69. The number of carboxylic acids is 2. The van der Waals surface area contributed by atoms with Crippen molar-refractivity contribution in [1.82, 2.24) is 21.3 Å². The van der Waals surface area contributed by atoms with Crippen LogP contribution >= 0.6 is 21.6 Å². The highest BCUT2D eigenvalue weighted by molar-refractivity contribution is 8.76. The molecule has 0 aliphatic carbocycles. The first-order valence-corrected chi connectivity index (χ1v) is 11.2. The fourth-order valence-electron chi connectivity index (χ4n) is 2.10. The molecule has 1 fully saturated rings. The molecule has 1 heterocycles. The summed E-state index contributed by atoms with van der Waals surface area (Å²) in [4.78, 5) is 68.5. The minimum Gasteiger partial charge on any atom is -0.480 e. The van der Waals surface area contributed by atoms with Crippen molar-refractivity contribution in [1.29, 1.82) is 0 Å². The molecular weight excluding hydrogens is 442 g/mol. The highest BCUT2D eigenvalue weighted by Gasteiger charge is 2.27. The van der Waals surface area contributed by atoms with Crippen LogP contribution in [-0.2, 0) is 28.8 Å². The number of carboxylic acid groups (broad SMARTS) is 2. The van der Waals surface area contributed by atoms with E-state index in [2.05, 4.69) is 21.3 Å². The van der Waals surface area contributed by atoms with Gasteiger partial charge in [0.15, 0.2) is 0 Å². The maximum Gasteiger partial charge on any atom is 0.322 e. The molecule has 4 amide bonds. The first kappa shape index (κ1) is 25.5. The molecule has 13 nitrogen and oxygen atoms in total. The predicted molar refractivity (Wildman–Crippen MR) is 107 cm³/mol. The lowest BCUT2D eigenvalue weighted by Crippen LogP contribution is -2.57. The summed E-state index contributed by atoms with van der Waals surface area (Å²) in [6.45, 7) is -0.724. The average molecular weight is 466 g/mol. The number of rotatable bonds is 13. The molecule has 0 aromatic heterocycles. The van der Waals surface area contributed by atoms with Crippen molar-refractivity contribution < 1.29 is 39.0 Å². The first-order chi connectivity index (χ1) is 14.1. The van der Waals surface area contributed by atoms with Gasteiger partial charge in [0.2, 0.25) is 23.6 Å². The molecular formula is C15H23N5O8S2. The molecule has 0 spiro atoms. The standard InChI is InChI=1S/C15H23N5O8S2/c16-7(15(27)28)1-2-10(21)19-8(14(26)18-4-12(23)24)5-29-30-6-9-13(25)17-3-11(22)20-9/h7-9H,1-6,16H2,(H,17,25)(H,18,26)(H,19,21)(H,20,22)(H,23,24)(H,27,28)/t7-,8-,9+/m0/s1. The van der Waals surface area contributed by atoms with E-state index < -0.39 is 48.4 Å². The van der Waals surface area contributed by atoms with Gasteiger partial charge in [0.05, 0.1) is 6.54 Å². The molecule has 1 saturated heterocycles. The number of piperazine rings is 1. The van der Waals surface area contributed by atoms with E-state index in [1.807, 2.05) is 0 Å². The zero-order chi connectivity index (χ0) is 22.7. The van der Waals surface area contributed by atoms with Crippen LogP contribution in [-0.4, -0.2) is 88.5 Å². The lowest BCUT2D eigenvalue weighted by molar-refractivity contribution is -0.139. The topological polar surface area (TPSA) is 217 Å². The number of hydrogen-bond acceptors (Lipinski definition) is 9. The minimum atomic E-state index is -1.26. The van der Waals surface area contributed by atoms with Crippen LogP contribution in [0, 0.1) is 0 Å². The minimum absolute atomic E-state index is 0.0368. The SMILES string of the molecule is N[C@@H](CCC(=O)N[C@@H](CSSC[C@H]1NC(=O)CNC1=O)C(=O)NCC(=O)O)C(=O)O. The molecule has 168 valence electrons. The van der Waals surface area contributed by atoms with Gasteiger partial charge < -0.3 is 37.2 Å². The van der Waals surface area contributed by atoms with E-state index in [4.69, 9.17) is 15.9 Å². The molecule has 0 bridgehead atoms. The monoisotopic (exact) mass is 465 g/mol. The van der Waals surface area contributed by atoms with Gasteiger partial charge in [0.25, 0.3) is 0 Å². The van der Waals surface area contributed by atoms with Gasteiger partial charge in [0, 0.05) is 17.9 Å². The van der Waals surface area contributed by atoms with Crippen LogP contribution in [0.4, 0.5) is 0 Å². The van der Waals surface area contributed by atoms with Crippen LogP contribution in [0.25, 0.3) is 0 Å². The van der Waals surface area contributed by atoms with Gasteiger partial charge in [-0.3, -0.25) is 28.8 Å². The molecule has 0 aromatic rings. The quantitative estimate of drug-likeness (QED) is 0.106. The van der Waals surface area contributed by atoms with Crippen LogP contribution in [0.15, 0.2) is 0 Å². The Kier molecular flexibility index (Phi) is 11.0. The second-order valence-electron chi connectivity index (χ2n) is 6.12. The largest absolute Gasteiger partial charge is 0.480 e. The summed E-state index contributed by atoms with van der Waals surface area (Å²) in [5.41, 5.74) is 5.33. The summed E-state index contributed by atoms with van der Waals surface area (Å²) < 4.78 is 0. The fourth-order valence-corrected chi connectivity index (χ4v) is 4.42. The Balaban J connectivity index is 2.53. The zero-order valence-corrected chi connectivity index (χ0v) is 17.3. The molecule has 30 heavy (non-hydrogen) atoms. The Morgan fingerprint density at radius 3 is 2.53 bits per heavy atom. The molecule has 0 aromatic carbocycles. The number of amides is 4. The zero-order valence-electron chi connectivity index (χ0n) is 15.7. The predicted octanol–water partition coefficient (Wildman–Crippen LogP) is -3.14. The smallest absolute Gasteiger partial charge is 0.322 e. The Morgan fingerprint density at radius 1 is 1.20 bits per heavy atom. The summed E-state index contributed by atoms with van der Waals surface area (Å²) in [7, 11) is 2.32. The molecule has 0 radical (unpaired) electrons. The number of carbonyl (C=O) groups excluding carboxylic acids is 4. The fraction of sp³-hybridized carbons (Fsp3) is 0.600. The number of nitrogens with one attached hydrogen (secondary N) is 4. The highest BCUT2D eigenvalue weighted by atomic mass is 33.1. The van der Waals surface area contributed by atoms with E-state index in [0.717, 1.165) is 10.8 Å². The molecule has 8 N–H and O–H groups in total. The number of hydrogen-bond donors (Lipinski definition) is 7. The maximum absolute atomic E-state index is 12.2. The summed E-state index contributed by atoms with van der Waals surface area (Å²) in [5.74, 6) is -4.27. The highest BCUT2D eigenvalue weighted by Crippen LogP contribution is 2.23. The number of aliphatic carboxylic acids is 2. The number of carbonyl (C=O) groups is 6. The van der Waals surface area contributed by atoms with Gasteiger partial charge in [0.1, 0.15) is 24.7 Å². The molecule has 3 atom stereocenters. The van der Waals surface area contributed by atoms with Crippen LogP contribution in [0.3, 0.4) is 0 Å². The third-order valence-electron chi connectivity index (χ3n) is 3.69. The second-order valence-corrected chi connectivity index (χ2v) is 8.67. The van der Waals surface area contributed by atoms with Crippen molar-refractivity contribution in [3.63, 3.8) is 0 Å². The van der Waals surface area contributed by atoms with Gasteiger partial charge >= 0.3 is 11.9 Å². The van der Waals surface area contributed by atoms with E-state index in [0.29, 0.717) is 0 Å². The molecule has 0 saturated carbocycles. The molecule has 1 aliphatic rings. The van der Waals surface area contributed by atoms with E-state index >= 15 is 0 Å². The second kappa shape index (κ2) is 12.9. The van der Waals surface area contributed by atoms with Gasteiger partial charge in [-0.05, 0) is 6.42 Å². The van der Waals surface area contributed by atoms with Gasteiger partial charge in [-0.2, -0.15) is 0 Å². The van der Waals surface area contributed by atoms with Crippen LogP contribution in [0.2, 0.25) is 0 Å². The number of nitrogens with two attached hydrogens (primary N) is 1. The third kappa shape index (κ3) is 9.80. The van der Waals surface area contributed by atoms with E-state index in [9.17, 15) is 28.8 Å².